The molecule has 2 aliphatic carbocycles. The van der Waals surface area contributed by atoms with Crippen LogP contribution in [0.4, 0.5) is 5.69 Å². The molecule has 2 aliphatic rings. The number of hydrogen-bond acceptors (Lipinski definition) is 5. The lowest BCUT2D eigenvalue weighted by atomic mass is 10.2. The van der Waals surface area contributed by atoms with Gasteiger partial charge in [-0.05, 0) is 43.2 Å². The summed E-state index contributed by atoms with van der Waals surface area (Å²) in [6.07, 6.45) is 3.34. The van der Waals surface area contributed by atoms with E-state index < -0.39 is 14.8 Å². The van der Waals surface area contributed by atoms with Crippen LogP contribution >= 0.6 is 0 Å². The Morgan fingerprint density at radius 3 is 2.48 bits per heavy atom. The zero-order valence-corrected chi connectivity index (χ0v) is 13.3. The average molecular weight is 338 g/mol. The second-order valence-electron chi connectivity index (χ2n) is 6.20. The Morgan fingerprint density at radius 2 is 1.91 bits per heavy atom. The van der Waals surface area contributed by atoms with E-state index in [0.29, 0.717) is 11.8 Å². The minimum absolute atomic E-state index is 0.0274. The number of nitro groups is 1. The van der Waals surface area contributed by atoms with Crippen LogP contribution in [0.25, 0.3) is 0 Å². The van der Waals surface area contributed by atoms with Crippen LogP contribution in [0, 0.1) is 27.9 Å². The van der Waals surface area contributed by atoms with Gasteiger partial charge in [-0.1, -0.05) is 0 Å². The van der Waals surface area contributed by atoms with Crippen LogP contribution in [0.5, 0.6) is 0 Å². The van der Waals surface area contributed by atoms with Crippen LogP contribution in [0.15, 0.2) is 29.2 Å². The number of sulfone groups is 1. The highest BCUT2D eigenvalue weighted by molar-refractivity contribution is 7.91. The lowest BCUT2D eigenvalue weighted by molar-refractivity contribution is -0.384. The van der Waals surface area contributed by atoms with Gasteiger partial charge >= 0.3 is 0 Å². The molecular formula is C15H18N2O5S. The van der Waals surface area contributed by atoms with Crippen molar-refractivity contribution in [1.29, 1.82) is 0 Å². The second-order valence-corrected chi connectivity index (χ2v) is 8.31. The normalized spacial score (nSPS) is 23.3. The maximum Gasteiger partial charge on any atom is 0.269 e. The fourth-order valence-electron chi connectivity index (χ4n) is 2.89. The molecule has 0 aliphatic heterocycles. The van der Waals surface area contributed by atoms with Crippen LogP contribution in [0.3, 0.4) is 0 Å². The monoisotopic (exact) mass is 338 g/mol. The second kappa shape index (κ2) is 5.92. The average Bonchev–Trinajstić information content (AvgIpc) is 3.38. The molecule has 2 saturated carbocycles. The summed E-state index contributed by atoms with van der Waals surface area (Å²) in [5, 5.41) is 13.3. The Bertz CT molecular complexity index is 725. The number of carbonyl (C=O) groups excluding carboxylic acids is 1. The minimum atomic E-state index is -3.56. The van der Waals surface area contributed by atoms with Gasteiger partial charge in [0.1, 0.15) is 0 Å². The van der Waals surface area contributed by atoms with Gasteiger partial charge in [-0.3, -0.25) is 14.9 Å². The van der Waals surface area contributed by atoms with Gasteiger partial charge in [0.15, 0.2) is 9.84 Å². The number of non-ortho nitro benzene ring substituents is 1. The van der Waals surface area contributed by atoms with Crippen molar-refractivity contribution in [1.82, 2.24) is 5.32 Å². The standard InChI is InChI=1S/C15H18N2O5S/c18-15(14-9-13(14)10-1-2-10)16-7-8-23(21,22)12-5-3-11(4-6-12)17(19)20/h3-6,10,13-14H,1-2,7-9H2,(H,16,18). The number of benzene rings is 1. The van der Waals surface area contributed by atoms with Crippen LogP contribution in [-0.2, 0) is 14.6 Å². The van der Waals surface area contributed by atoms with Gasteiger partial charge in [0.05, 0.1) is 15.6 Å². The third kappa shape index (κ3) is 3.69. The predicted octanol–water partition coefficient (Wildman–Crippen LogP) is 1.53. The Labute approximate surface area is 134 Å². The quantitative estimate of drug-likeness (QED) is 0.599. The minimum Gasteiger partial charge on any atom is -0.355 e. The van der Waals surface area contributed by atoms with Crippen molar-refractivity contribution in [3.8, 4) is 0 Å². The van der Waals surface area contributed by atoms with Crippen LogP contribution in [0.1, 0.15) is 19.3 Å². The topological polar surface area (TPSA) is 106 Å². The summed E-state index contributed by atoms with van der Waals surface area (Å²) in [5.74, 6) is 0.999. The van der Waals surface area contributed by atoms with E-state index in [1.54, 1.807) is 0 Å². The molecule has 0 aromatic heterocycles. The van der Waals surface area contributed by atoms with E-state index in [1.807, 2.05) is 0 Å². The molecule has 2 unspecified atom stereocenters. The summed E-state index contributed by atoms with van der Waals surface area (Å²) < 4.78 is 24.3. The largest absolute Gasteiger partial charge is 0.355 e. The Hall–Kier alpha value is -1.96. The van der Waals surface area contributed by atoms with Gasteiger partial charge in [0, 0.05) is 24.6 Å². The lowest BCUT2D eigenvalue weighted by Gasteiger charge is -2.06. The lowest BCUT2D eigenvalue weighted by Crippen LogP contribution is -2.30. The first-order valence-corrected chi connectivity index (χ1v) is 9.28. The van der Waals surface area contributed by atoms with Crippen LogP contribution in [-0.4, -0.2) is 31.5 Å². The molecular weight excluding hydrogens is 320 g/mol. The SMILES string of the molecule is O=C(NCCS(=O)(=O)c1ccc([N+](=O)[O-])cc1)C1CC1C1CC1. The summed E-state index contributed by atoms with van der Waals surface area (Å²) in [5.41, 5.74) is -0.155. The van der Waals surface area contributed by atoms with Crippen molar-refractivity contribution in [3.05, 3.63) is 34.4 Å². The summed E-state index contributed by atoms with van der Waals surface area (Å²) in [4.78, 5) is 21.9. The van der Waals surface area contributed by atoms with Gasteiger partial charge < -0.3 is 5.32 Å². The number of rotatable bonds is 7. The van der Waals surface area contributed by atoms with Gasteiger partial charge in [0.25, 0.3) is 5.69 Å². The maximum atomic E-state index is 12.1. The van der Waals surface area contributed by atoms with E-state index in [0.717, 1.165) is 18.6 Å². The first-order chi connectivity index (χ1) is 10.9. The molecule has 1 aromatic carbocycles. The molecule has 1 aromatic rings. The molecule has 0 radical (unpaired) electrons. The molecule has 1 N–H and O–H groups in total. The predicted molar refractivity (Wildman–Crippen MR) is 82.5 cm³/mol. The molecule has 0 spiro atoms. The van der Waals surface area contributed by atoms with E-state index in [4.69, 9.17) is 0 Å². The number of nitro benzene ring substituents is 1. The molecule has 3 rings (SSSR count). The fourth-order valence-corrected chi connectivity index (χ4v) is 4.05. The van der Waals surface area contributed by atoms with Crippen molar-refractivity contribution in [3.63, 3.8) is 0 Å². The summed E-state index contributed by atoms with van der Waals surface area (Å²) in [6.45, 7) is 0.0615. The highest BCUT2D eigenvalue weighted by Gasteiger charge is 2.50. The number of hydrogen-bond donors (Lipinski definition) is 1. The molecule has 0 heterocycles. The molecule has 1 amide bonds. The Balaban J connectivity index is 1.50. The van der Waals surface area contributed by atoms with E-state index in [9.17, 15) is 23.3 Å². The summed E-state index contributed by atoms with van der Waals surface area (Å²) in [7, 11) is -3.56. The smallest absolute Gasteiger partial charge is 0.269 e. The molecule has 7 nitrogen and oxygen atoms in total. The zero-order valence-electron chi connectivity index (χ0n) is 12.5. The number of nitrogens with one attached hydrogen (secondary N) is 1. The number of carbonyl (C=O) groups is 1. The number of amides is 1. The van der Waals surface area contributed by atoms with Crippen molar-refractivity contribution in [2.24, 2.45) is 17.8 Å². The third-order valence-corrected chi connectivity index (χ3v) is 6.21. The first kappa shape index (κ1) is 15.9. The Kier molecular flexibility index (Phi) is 4.09. The van der Waals surface area contributed by atoms with Crippen molar-refractivity contribution >= 4 is 21.4 Å². The molecule has 0 saturated heterocycles. The highest BCUT2D eigenvalue weighted by atomic mass is 32.2. The molecule has 2 fully saturated rings. The van der Waals surface area contributed by atoms with Gasteiger partial charge in [-0.2, -0.15) is 0 Å². The fraction of sp³-hybridized carbons (Fsp3) is 0.533. The van der Waals surface area contributed by atoms with Crippen molar-refractivity contribution in [2.75, 3.05) is 12.3 Å². The molecule has 23 heavy (non-hydrogen) atoms. The van der Waals surface area contributed by atoms with E-state index >= 15 is 0 Å². The maximum absolute atomic E-state index is 12.1. The summed E-state index contributed by atoms with van der Waals surface area (Å²) >= 11 is 0. The van der Waals surface area contributed by atoms with Crippen LogP contribution < -0.4 is 5.32 Å². The van der Waals surface area contributed by atoms with Crippen LogP contribution in [0.2, 0.25) is 0 Å². The Morgan fingerprint density at radius 1 is 1.26 bits per heavy atom. The molecule has 124 valence electrons. The van der Waals surface area contributed by atoms with Gasteiger partial charge in [-0.15, -0.1) is 0 Å². The third-order valence-electron chi connectivity index (χ3n) is 4.48. The summed E-state index contributed by atoms with van der Waals surface area (Å²) in [6, 6.07) is 4.77. The van der Waals surface area contributed by atoms with Gasteiger partial charge in [0.2, 0.25) is 5.91 Å². The van der Waals surface area contributed by atoms with Crippen molar-refractivity contribution in [2.45, 2.75) is 24.2 Å². The number of nitrogens with zero attached hydrogens (tertiary/aromatic N) is 1. The van der Waals surface area contributed by atoms with E-state index in [2.05, 4.69) is 5.32 Å². The van der Waals surface area contributed by atoms with E-state index in [-0.39, 0.29) is 34.7 Å². The molecule has 2 atom stereocenters. The zero-order chi connectivity index (χ0) is 16.6. The molecule has 0 bridgehead atoms. The highest BCUT2D eigenvalue weighted by Crippen LogP contribution is 2.54. The van der Waals surface area contributed by atoms with E-state index in [1.165, 1.54) is 25.0 Å². The van der Waals surface area contributed by atoms with Gasteiger partial charge in [-0.25, -0.2) is 8.42 Å². The first-order valence-electron chi connectivity index (χ1n) is 7.63. The molecule has 8 heteroatoms. The van der Waals surface area contributed by atoms with Crippen molar-refractivity contribution < 1.29 is 18.1 Å².